The molecule has 2 saturated heterocycles. The van der Waals surface area contributed by atoms with Crippen molar-refractivity contribution in [3.8, 4) is 5.69 Å². The van der Waals surface area contributed by atoms with Crippen LogP contribution in [-0.2, 0) is 23.2 Å². The summed E-state index contributed by atoms with van der Waals surface area (Å²) in [4.78, 5) is 69.3. The van der Waals surface area contributed by atoms with E-state index in [1.165, 1.54) is 10.1 Å². The summed E-state index contributed by atoms with van der Waals surface area (Å²) in [5.41, 5.74) is 4.06. The SMILES string of the molecule is C[C@H]1c2nc(N3CCN(Cc4ccccc4)C3=O)n(-c3ccccc3)c(=O)c2CCN1C(=O)c1cc2cc(C3CCOCC3)ccc2n1[C@]1(c2noc(=O)[nH]2)C[C@@H]1C. The molecule has 1 saturated carbocycles. The van der Waals surface area contributed by atoms with Gasteiger partial charge in [0.25, 0.3) is 11.5 Å². The third-order valence-corrected chi connectivity index (χ3v) is 12.7. The van der Waals surface area contributed by atoms with Gasteiger partial charge in [-0.25, -0.2) is 19.1 Å². The lowest BCUT2D eigenvalue weighted by Gasteiger charge is -2.36. The fourth-order valence-corrected chi connectivity index (χ4v) is 9.53. The first-order valence-corrected chi connectivity index (χ1v) is 20.2. The number of carbonyl (C=O) groups excluding carboxylic acids is 2. The van der Waals surface area contributed by atoms with E-state index >= 15 is 4.79 Å². The van der Waals surface area contributed by atoms with Crippen LogP contribution in [0.4, 0.5) is 10.7 Å². The van der Waals surface area contributed by atoms with E-state index in [0.29, 0.717) is 73.6 Å². The summed E-state index contributed by atoms with van der Waals surface area (Å²) in [7, 11) is 0. The van der Waals surface area contributed by atoms with Crippen molar-refractivity contribution >= 4 is 28.8 Å². The summed E-state index contributed by atoms with van der Waals surface area (Å²) in [6.07, 6.45) is 2.79. The number of para-hydroxylation sites is 1. The number of urea groups is 1. The summed E-state index contributed by atoms with van der Waals surface area (Å²) in [6.45, 7) is 6.93. The van der Waals surface area contributed by atoms with E-state index in [9.17, 15) is 14.4 Å². The standard InChI is InChI=1S/C44H44N8O6/c1-27-25-44(27,40-46-42(55)58-47-40)52-35-14-13-31(30-16-21-57-22-17-30)23-32(35)24-36(52)39(54)49-18-15-34-37(28(49)2)45-41(51(38(34)53)33-11-7-4-8-12-33)50-20-19-48(43(50)56)26-29-9-5-3-6-10-29/h3-14,23-24,27-28,30H,15-22,25-26H2,1-2H3,(H,46,47,55)/t27-,28-,44+/m0/s1. The van der Waals surface area contributed by atoms with Gasteiger partial charge in [-0.2, -0.15) is 0 Å². The fraction of sp³-hybridized carbons (Fsp3) is 0.364. The molecule has 6 aromatic rings. The molecule has 3 aromatic carbocycles. The van der Waals surface area contributed by atoms with Gasteiger partial charge in [0.2, 0.25) is 5.95 Å². The Hall–Kier alpha value is -6.28. The average molecular weight is 781 g/mol. The highest BCUT2D eigenvalue weighted by Gasteiger charge is 2.59. The predicted octanol–water partition coefficient (Wildman–Crippen LogP) is 5.74. The third kappa shape index (κ3) is 5.79. The van der Waals surface area contributed by atoms with Gasteiger partial charge in [-0.15, -0.1) is 0 Å². The van der Waals surface area contributed by atoms with Crippen LogP contribution < -0.4 is 16.2 Å². The highest BCUT2D eigenvalue weighted by atomic mass is 16.5. The van der Waals surface area contributed by atoms with E-state index in [4.69, 9.17) is 14.2 Å². The van der Waals surface area contributed by atoms with E-state index < -0.39 is 17.3 Å². The second-order valence-electron chi connectivity index (χ2n) is 16.1. The maximum absolute atomic E-state index is 15.2. The molecule has 1 N–H and O–H groups in total. The Labute approximate surface area is 333 Å². The zero-order valence-electron chi connectivity index (χ0n) is 32.5. The van der Waals surface area contributed by atoms with Gasteiger partial charge < -0.3 is 19.1 Å². The van der Waals surface area contributed by atoms with Gasteiger partial charge in [0, 0.05) is 55.9 Å². The summed E-state index contributed by atoms with van der Waals surface area (Å²) < 4.78 is 14.2. The van der Waals surface area contributed by atoms with E-state index in [1.807, 2.05) is 78.2 Å². The smallest absolute Gasteiger partial charge is 0.381 e. The largest absolute Gasteiger partial charge is 0.438 e. The van der Waals surface area contributed by atoms with Crippen LogP contribution in [0.15, 0.2) is 99.0 Å². The van der Waals surface area contributed by atoms with Crippen LogP contribution in [0.25, 0.3) is 16.6 Å². The van der Waals surface area contributed by atoms with E-state index in [2.05, 4.69) is 35.3 Å². The third-order valence-electron chi connectivity index (χ3n) is 12.7. The fourth-order valence-electron chi connectivity index (χ4n) is 9.53. The van der Waals surface area contributed by atoms with Crippen LogP contribution in [0, 0.1) is 5.92 Å². The lowest BCUT2D eigenvalue weighted by molar-refractivity contribution is 0.0658. The number of amides is 3. The van der Waals surface area contributed by atoms with Gasteiger partial charge in [-0.3, -0.25) is 24.0 Å². The number of hydrogen-bond donors (Lipinski definition) is 1. The van der Waals surface area contributed by atoms with Gasteiger partial charge in [0.1, 0.15) is 11.2 Å². The van der Waals surface area contributed by atoms with Crippen LogP contribution in [0.1, 0.15) is 83.8 Å². The number of nitrogens with zero attached hydrogens (tertiary/aromatic N) is 7. The van der Waals surface area contributed by atoms with Crippen molar-refractivity contribution in [2.75, 3.05) is 37.7 Å². The Kier molecular flexibility index (Phi) is 8.70. The van der Waals surface area contributed by atoms with Gasteiger partial charge in [0.15, 0.2) is 5.82 Å². The first kappa shape index (κ1) is 36.1. The second kappa shape index (κ2) is 14.0. The van der Waals surface area contributed by atoms with Crippen molar-refractivity contribution in [2.24, 2.45) is 5.92 Å². The Morgan fingerprint density at radius 2 is 1.66 bits per heavy atom. The molecule has 0 unspecified atom stereocenters. The van der Waals surface area contributed by atoms with Gasteiger partial charge in [-0.1, -0.05) is 66.7 Å². The van der Waals surface area contributed by atoms with Crippen LogP contribution in [0.5, 0.6) is 0 Å². The predicted molar refractivity (Wildman–Crippen MR) is 215 cm³/mol. The topological polar surface area (TPSA) is 152 Å². The Bertz CT molecular complexity index is 2680. The molecule has 14 heteroatoms. The first-order valence-electron chi connectivity index (χ1n) is 20.2. The average Bonchev–Trinajstić information content (AvgIpc) is 3.55. The number of anilines is 1. The quantitative estimate of drug-likeness (QED) is 0.205. The van der Waals surface area contributed by atoms with E-state index in [-0.39, 0.29) is 42.3 Å². The molecule has 0 spiro atoms. The lowest BCUT2D eigenvalue weighted by Crippen LogP contribution is -2.45. The molecular weight excluding hydrogens is 737 g/mol. The minimum Gasteiger partial charge on any atom is -0.381 e. The minimum absolute atomic E-state index is 0.0465. The molecule has 10 rings (SSSR count). The first-order chi connectivity index (χ1) is 28.2. The van der Waals surface area contributed by atoms with Crippen LogP contribution >= 0.6 is 0 Å². The van der Waals surface area contributed by atoms with Crippen molar-refractivity contribution in [2.45, 2.75) is 63.6 Å². The highest BCUT2D eigenvalue weighted by Crippen LogP contribution is 2.56. The number of ether oxygens (including phenoxy) is 1. The molecule has 14 nitrogen and oxygen atoms in total. The zero-order chi connectivity index (χ0) is 39.7. The summed E-state index contributed by atoms with van der Waals surface area (Å²) in [5, 5.41) is 5.07. The molecule has 1 aliphatic carbocycles. The highest BCUT2D eigenvalue weighted by molar-refractivity contribution is 6.00. The molecule has 3 aromatic heterocycles. The van der Waals surface area contributed by atoms with Crippen molar-refractivity contribution in [3.63, 3.8) is 0 Å². The molecular formula is C44H44N8O6. The summed E-state index contributed by atoms with van der Waals surface area (Å²) in [5.74, 6) is 0.133. The number of hydrogen-bond acceptors (Lipinski definition) is 8. The molecule has 58 heavy (non-hydrogen) atoms. The molecule has 0 radical (unpaired) electrons. The van der Waals surface area contributed by atoms with E-state index in [0.717, 1.165) is 29.3 Å². The normalized spacial score (nSPS) is 22.2. The molecule has 296 valence electrons. The second-order valence-corrected chi connectivity index (χ2v) is 16.1. The number of benzene rings is 3. The molecule has 6 heterocycles. The van der Waals surface area contributed by atoms with Crippen molar-refractivity contribution in [1.29, 1.82) is 0 Å². The van der Waals surface area contributed by atoms with Crippen molar-refractivity contribution < 1.29 is 18.8 Å². The number of carbonyl (C=O) groups is 2. The van der Waals surface area contributed by atoms with Gasteiger partial charge >= 0.3 is 11.8 Å². The maximum Gasteiger partial charge on any atom is 0.438 e. The lowest BCUT2D eigenvalue weighted by atomic mass is 9.91. The van der Waals surface area contributed by atoms with Gasteiger partial charge in [0.05, 0.1) is 17.4 Å². The summed E-state index contributed by atoms with van der Waals surface area (Å²) in [6, 6.07) is 26.6. The molecule has 4 aliphatic rings. The number of H-pyrrole nitrogens is 1. The Balaban J connectivity index is 1.06. The number of aromatic nitrogens is 5. The van der Waals surface area contributed by atoms with Crippen molar-refractivity contribution in [3.05, 3.63) is 140 Å². The Morgan fingerprint density at radius 3 is 2.36 bits per heavy atom. The Morgan fingerprint density at radius 1 is 0.914 bits per heavy atom. The van der Waals surface area contributed by atoms with Gasteiger partial charge in [-0.05, 0) is 85.9 Å². The zero-order valence-corrected chi connectivity index (χ0v) is 32.5. The maximum atomic E-state index is 15.2. The number of aromatic amines is 1. The van der Waals surface area contributed by atoms with Crippen LogP contribution in [0.2, 0.25) is 0 Å². The molecule has 0 bridgehead atoms. The molecule has 3 fully saturated rings. The van der Waals surface area contributed by atoms with Crippen LogP contribution in [0.3, 0.4) is 0 Å². The number of nitrogens with one attached hydrogen (secondary N) is 1. The minimum atomic E-state index is -0.799. The molecule has 3 atom stereocenters. The number of fused-ring (bicyclic) bond motifs is 2. The van der Waals surface area contributed by atoms with Crippen molar-refractivity contribution in [1.82, 2.24) is 34.1 Å². The van der Waals surface area contributed by atoms with Crippen LogP contribution in [-0.4, -0.2) is 78.8 Å². The van der Waals surface area contributed by atoms with E-state index in [1.54, 1.807) is 14.7 Å². The molecule has 3 amide bonds. The summed E-state index contributed by atoms with van der Waals surface area (Å²) >= 11 is 0. The number of rotatable bonds is 8. The monoisotopic (exact) mass is 780 g/mol. The molecule has 3 aliphatic heterocycles.